The summed E-state index contributed by atoms with van der Waals surface area (Å²) in [6, 6.07) is 13.4. The molecule has 0 radical (unpaired) electrons. The Morgan fingerprint density at radius 1 is 1.05 bits per heavy atom. The molecule has 4 heteroatoms. The molecule has 3 aromatic rings. The minimum Gasteiger partial charge on any atom is -0.267 e. The van der Waals surface area contributed by atoms with Crippen molar-refractivity contribution in [1.82, 2.24) is 9.97 Å². The highest BCUT2D eigenvalue weighted by Gasteiger charge is 2.07. The number of fused-ring (bicyclic) bond motifs is 1. The van der Waals surface area contributed by atoms with Gasteiger partial charge in [0.1, 0.15) is 5.01 Å². The second-order valence-electron chi connectivity index (χ2n) is 4.19. The SMILES string of the molecule is CCc1cccc(-c2nc(=O)c3ccccc3s2)n1. The van der Waals surface area contributed by atoms with Crippen LogP contribution in [0.5, 0.6) is 0 Å². The van der Waals surface area contributed by atoms with Gasteiger partial charge in [-0.05, 0) is 30.7 Å². The molecule has 0 spiro atoms. The van der Waals surface area contributed by atoms with Crippen molar-refractivity contribution in [2.75, 3.05) is 0 Å². The predicted molar refractivity (Wildman–Crippen MR) is 78.5 cm³/mol. The van der Waals surface area contributed by atoms with Gasteiger partial charge in [-0.1, -0.05) is 25.1 Å². The van der Waals surface area contributed by atoms with Crippen molar-refractivity contribution in [3.05, 3.63) is 58.5 Å². The minimum absolute atomic E-state index is 0.187. The van der Waals surface area contributed by atoms with E-state index in [4.69, 9.17) is 0 Å². The molecule has 1 aromatic carbocycles. The maximum atomic E-state index is 12.0. The molecule has 2 heterocycles. The number of benzene rings is 1. The van der Waals surface area contributed by atoms with Crippen molar-refractivity contribution >= 4 is 21.4 Å². The molecular weight excluding hydrogens is 256 g/mol. The highest BCUT2D eigenvalue weighted by atomic mass is 32.1. The van der Waals surface area contributed by atoms with Gasteiger partial charge in [0, 0.05) is 10.4 Å². The lowest BCUT2D eigenvalue weighted by atomic mass is 10.2. The summed E-state index contributed by atoms with van der Waals surface area (Å²) >= 11 is 1.50. The first-order chi connectivity index (χ1) is 9.28. The zero-order valence-corrected chi connectivity index (χ0v) is 11.3. The van der Waals surface area contributed by atoms with E-state index in [2.05, 4.69) is 16.9 Å². The molecule has 0 saturated heterocycles. The van der Waals surface area contributed by atoms with Crippen LogP contribution >= 0.6 is 11.3 Å². The fraction of sp³-hybridized carbons (Fsp3) is 0.133. The molecule has 3 rings (SSSR count). The van der Waals surface area contributed by atoms with Crippen LogP contribution in [0.25, 0.3) is 20.8 Å². The molecular formula is C15H12N2OS. The number of pyridine rings is 1. The van der Waals surface area contributed by atoms with Gasteiger partial charge in [-0.3, -0.25) is 9.78 Å². The number of rotatable bonds is 2. The van der Waals surface area contributed by atoms with Crippen LogP contribution in [-0.2, 0) is 6.42 Å². The summed E-state index contributed by atoms with van der Waals surface area (Å²) < 4.78 is 0.946. The summed E-state index contributed by atoms with van der Waals surface area (Å²) in [7, 11) is 0. The molecule has 0 N–H and O–H groups in total. The van der Waals surface area contributed by atoms with Gasteiger partial charge in [0.05, 0.1) is 11.1 Å². The molecule has 0 fully saturated rings. The van der Waals surface area contributed by atoms with E-state index in [-0.39, 0.29) is 5.56 Å². The fourth-order valence-electron chi connectivity index (χ4n) is 1.92. The highest BCUT2D eigenvalue weighted by molar-refractivity contribution is 7.21. The maximum absolute atomic E-state index is 12.0. The molecule has 19 heavy (non-hydrogen) atoms. The van der Waals surface area contributed by atoms with Crippen LogP contribution in [0.2, 0.25) is 0 Å². The standard InChI is InChI=1S/C15H12N2OS/c1-2-10-6-5-8-12(16-10)15-17-14(18)11-7-3-4-9-13(11)19-15/h3-9H,2H2,1H3. The molecule has 0 saturated carbocycles. The third-order valence-electron chi connectivity index (χ3n) is 2.92. The molecule has 0 aliphatic heterocycles. The van der Waals surface area contributed by atoms with Gasteiger partial charge in [0.15, 0.2) is 0 Å². The van der Waals surface area contributed by atoms with E-state index in [1.807, 2.05) is 36.4 Å². The Labute approximate surface area is 114 Å². The number of hydrogen-bond acceptors (Lipinski definition) is 4. The van der Waals surface area contributed by atoms with Crippen molar-refractivity contribution in [3.8, 4) is 10.7 Å². The lowest BCUT2D eigenvalue weighted by Crippen LogP contribution is -2.06. The van der Waals surface area contributed by atoms with Gasteiger partial charge in [-0.25, -0.2) is 0 Å². The third-order valence-corrected chi connectivity index (χ3v) is 3.98. The molecule has 0 bridgehead atoms. The van der Waals surface area contributed by atoms with E-state index >= 15 is 0 Å². The smallest absolute Gasteiger partial charge is 0.267 e. The molecule has 2 aromatic heterocycles. The third kappa shape index (κ3) is 2.27. The van der Waals surface area contributed by atoms with Crippen molar-refractivity contribution < 1.29 is 0 Å². The lowest BCUT2D eigenvalue weighted by molar-refractivity contribution is 1.04. The Hall–Kier alpha value is -2.07. The van der Waals surface area contributed by atoms with E-state index in [0.29, 0.717) is 10.4 Å². The van der Waals surface area contributed by atoms with E-state index < -0.39 is 0 Å². The van der Waals surface area contributed by atoms with Crippen molar-refractivity contribution in [1.29, 1.82) is 0 Å². The molecule has 0 aliphatic rings. The maximum Gasteiger partial charge on any atom is 0.279 e. The molecule has 94 valence electrons. The largest absolute Gasteiger partial charge is 0.279 e. The normalized spacial score (nSPS) is 10.8. The van der Waals surface area contributed by atoms with Crippen LogP contribution < -0.4 is 5.56 Å². The quantitative estimate of drug-likeness (QED) is 0.716. The number of aromatic nitrogens is 2. The zero-order chi connectivity index (χ0) is 13.2. The van der Waals surface area contributed by atoms with Crippen molar-refractivity contribution in [3.63, 3.8) is 0 Å². The van der Waals surface area contributed by atoms with Crippen molar-refractivity contribution in [2.24, 2.45) is 0 Å². The Balaban J connectivity index is 2.22. The van der Waals surface area contributed by atoms with Gasteiger partial charge < -0.3 is 0 Å². The topological polar surface area (TPSA) is 42.9 Å². The van der Waals surface area contributed by atoms with Crippen LogP contribution in [-0.4, -0.2) is 9.97 Å². The average molecular weight is 268 g/mol. The van der Waals surface area contributed by atoms with E-state index in [1.165, 1.54) is 11.3 Å². The first kappa shape index (κ1) is 12.0. The number of hydrogen-bond donors (Lipinski definition) is 0. The second-order valence-corrected chi connectivity index (χ2v) is 5.22. The van der Waals surface area contributed by atoms with Gasteiger partial charge in [-0.15, -0.1) is 11.3 Å². The fourth-order valence-corrected chi connectivity index (χ4v) is 2.88. The molecule has 0 aliphatic carbocycles. The summed E-state index contributed by atoms with van der Waals surface area (Å²) in [6.45, 7) is 2.06. The van der Waals surface area contributed by atoms with Gasteiger partial charge >= 0.3 is 0 Å². The van der Waals surface area contributed by atoms with Crippen LogP contribution in [0.4, 0.5) is 0 Å². The van der Waals surface area contributed by atoms with Gasteiger partial charge in [0.25, 0.3) is 5.56 Å². The first-order valence-corrected chi connectivity index (χ1v) is 6.96. The number of nitrogens with zero attached hydrogens (tertiary/aromatic N) is 2. The van der Waals surface area contributed by atoms with E-state index in [9.17, 15) is 4.79 Å². The van der Waals surface area contributed by atoms with Crippen LogP contribution in [0.15, 0.2) is 47.3 Å². The van der Waals surface area contributed by atoms with Crippen LogP contribution in [0.3, 0.4) is 0 Å². The summed E-state index contributed by atoms with van der Waals surface area (Å²) in [5.41, 5.74) is 1.59. The second kappa shape index (κ2) is 4.90. The van der Waals surface area contributed by atoms with Gasteiger partial charge in [0.2, 0.25) is 0 Å². The molecule has 0 amide bonds. The Bertz CT molecular complexity index is 795. The summed E-state index contributed by atoms with van der Waals surface area (Å²) in [5, 5.41) is 1.35. The summed E-state index contributed by atoms with van der Waals surface area (Å²) in [5.74, 6) is 0. The van der Waals surface area contributed by atoms with Crippen molar-refractivity contribution in [2.45, 2.75) is 13.3 Å². The molecule has 3 nitrogen and oxygen atoms in total. The lowest BCUT2D eigenvalue weighted by Gasteiger charge is -2.02. The van der Waals surface area contributed by atoms with Gasteiger partial charge in [-0.2, -0.15) is 4.98 Å². The van der Waals surface area contributed by atoms with E-state index in [1.54, 1.807) is 6.07 Å². The first-order valence-electron chi connectivity index (χ1n) is 6.14. The number of aryl methyl sites for hydroxylation is 1. The summed E-state index contributed by atoms with van der Waals surface area (Å²) in [6.07, 6.45) is 0.871. The predicted octanol–water partition coefficient (Wildman–Crippen LogP) is 3.28. The zero-order valence-electron chi connectivity index (χ0n) is 10.5. The van der Waals surface area contributed by atoms with E-state index in [0.717, 1.165) is 22.5 Å². The minimum atomic E-state index is -0.187. The van der Waals surface area contributed by atoms with Crippen LogP contribution in [0.1, 0.15) is 12.6 Å². The average Bonchev–Trinajstić information content (AvgIpc) is 2.47. The monoisotopic (exact) mass is 268 g/mol. The molecule has 0 atom stereocenters. The Kier molecular flexibility index (Phi) is 3.09. The Morgan fingerprint density at radius 3 is 2.74 bits per heavy atom. The molecule has 0 unspecified atom stereocenters. The Morgan fingerprint density at radius 2 is 1.89 bits per heavy atom. The van der Waals surface area contributed by atoms with Crippen LogP contribution in [0, 0.1) is 0 Å². The highest BCUT2D eigenvalue weighted by Crippen LogP contribution is 2.24. The summed E-state index contributed by atoms with van der Waals surface area (Å²) in [4.78, 5) is 20.7.